The van der Waals surface area contributed by atoms with Crippen LogP contribution < -0.4 is 0 Å². The van der Waals surface area contributed by atoms with Crippen LogP contribution in [-0.2, 0) is 4.79 Å². The van der Waals surface area contributed by atoms with Crippen molar-refractivity contribution in [2.45, 2.75) is 31.9 Å². The van der Waals surface area contributed by atoms with Crippen LogP contribution in [0.2, 0.25) is 0 Å². The number of rotatable bonds is 3. The molecule has 0 N–H and O–H groups in total. The van der Waals surface area contributed by atoms with Crippen LogP contribution in [0.5, 0.6) is 0 Å². The molecule has 0 fully saturated rings. The summed E-state index contributed by atoms with van der Waals surface area (Å²) in [6, 6.07) is 0. The van der Waals surface area contributed by atoms with E-state index in [1.807, 2.05) is 0 Å². The highest BCUT2D eigenvalue weighted by Gasteiger charge is 2.77. The van der Waals surface area contributed by atoms with E-state index in [1.54, 1.807) is 0 Å². The van der Waals surface area contributed by atoms with Gasteiger partial charge in [-0.25, -0.2) is 0 Å². The van der Waals surface area contributed by atoms with Crippen molar-refractivity contribution in [1.29, 1.82) is 0 Å². The van der Waals surface area contributed by atoms with Crippen LogP contribution in [0.15, 0.2) is 0 Å². The number of aldehydes is 1. The van der Waals surface area contributed by atoms with E-state index in [2.05, 4.69) is 0 Å². The fraction of sp³-hybridized carbons (Fsp3) is 0.857. The second-order valence-electron chi connectivity index (χ2n) is 3.49. The Morgan fingerprint density at radius 2 is 1.13 bits per heavy atom. The smallest absolute Gasteiger partial charge is 0.303 e. The van der Waals surface area contributed by atoms with Gasteiger partial charge in [0.25, 0.3) is 0 Å². The Morgan fingerprint density at radius 3 is 1.33 bits per heavy atom. The Kier molecular flexibility index (Phi) is 3.16. The van der Waals surface area contributed by atoms with Crippen LogP contribution in [0, 0.1) is 5.41 Å². The van der Waals surface area contributed by atoms with Crippen LogP contribution in [0.4, 0.5) is 30.7 Å². The topological polar surface area (TPSA) is 17.1 Å². The van der Waals surface area contributed by atoms with E-state index >= 15 is 0 Å². The van der Waals surface area contributed by atoms with Gasteiger partial charge in [0.1, 0.15) is 6.29 Å². The molecule has 0 aliphatic rings. The SMILES string of the molecule is CC(C)(C=O)C(F)(F)C(F)(F)C(F)(F)F. The van der Waals surface area contributed by atoms with Crippen molar-refractivity contribution in [3.63, 3.8) is 0 Å². The third-order valence-corrected chi connectivity index (χ3v) is 1.85. The van der Waals surface area contributed by atoms with E-state index in [1.165, 1.54) is 0 Å². The maximum absolute atomic E-state index is 12.8. The summed E-state index contributed by atoms with van der Waals surface area (Å²) >= 11 is 0. The molecule has 8 heteroatoms. The van der Waals surface area contributed by atoms with Crippen molar-refractivity contribution in [3.8, 4) is 0 Å². The Balaban J connectivity index is 5.47. The van der Waals surface area contributed by atoms with Crippen LogP contribution in [0.25, 0.3) is 0 Å². The summed E-state index contributed by atoms with van der Waals surface area (Å²) in [6.07, 6.45) is -7.04. The molecule has 0 aliphatic carbocycles. The fourth-order valence-electron chi connectivity index (χ4n) is 0.657. The van der Waals surface area contributed by atoms with Gasteiger partial charge in [0.15, 0.2) is 0 Å². The van der Waals surface area contributed by atoms with Gasteiger partial charge < -0.3 is 4.79 Å². The molecule has 1 nitrogen and oxygen atoms in total. The Bertz CT molecular complexity index is 253. The average molecular weight is 240 g/mol. The van der Waals surface area contributed by atoms with E-state index in [0.717, 1.165) is 0 Å². The van der Waals surface area contributed by atoms with Crippen molar-refractivity contribution >= 4 is 6.29 Å². The molecule has 90 valence electrons. The molecule has 0 aromatic heterocycles. The number of halogens is 7. The van der Waals surface area contributed by atoms with E-state index < -0.39 is 29.7 Å². The van der Waals surface area contributed by atoms with E-state index in [-0.39, 0.29) is 0 Å². The van der Waals surface area contributed by atoms with E-state index in [4.69, 9.17) is 0 Å². The highest BCUT2D eigenvalue weighted by Crippen LogP contribution is 2.53. The maximum Gasteiger partial charge on any atom is 0.459 e. The summed E-state index contributed by atoms with van der Waals surface area (Å²) in [5.74, 6) is -11.7. The van der Waals surface area contributed by atoms with E-state index in [9.17, 15) is 35.5 Å². The first-order valence-electron chi connectivity index (χ1n) is 3.60. The standard InChI is InChI=1S/C7H7F7O/c1-4(2,3-15)5(8,9)6(10,11)7(12,13)14/h3H,1-2H3. The molecule has 0 radical (unpaired) electrons. The number of carbonyl (C=O) groups is 1. The normalized spacial score (nSPS) is 15.3. The van der Waals surface area contributed by atoms with Crippen LogP contribution in [-0.4, -0.2) is 24.3 Å². The summed E-state index contributed by atoms with van der Waals surface area (Å²) < 4.78 is 85.2. The number of hydrogen-bond donors (Lipinski definition) is 0. The van der Waals surface area contributed by atoms with Gasteiger partial charge in [-0.1, -0.05) is 0 Å². The quantitative estimate of drug-likeness (QED) is 0.547. The van der Waals surface area contributed by atoms with Crippen LogP contribution in [0.3, 0.4) is 0 Å². The molecule has 15 heavy (non-hydrogen) atoms. The average Bonchev–Trinajstić information content (AvgIpc) is 2.01. The maximum atomic E-state index is 12.8. The first kappa shape index (κ1) is 14.2. The van der Waals surface area contributed by atoms with Gasteiger partial charge in [-0.3, -0.25) is 0 Å². The third-order valence-electron chi connectivity index (χ3n) is 1.85. The lowest BCUT2D eigenvalue weighted by molar-refractivity contribution is -0.371. The zero-order chi connectivity index (χ0) is 12.7. The molecule has 0 rings (SSSR count). The first-order valence-corrected chi connectivity index (χ1v) is 3.60. The first-order chi connectivity index (χ1) is 6.31. The second kappa shape index (κ2) is 3.34. The molecular weight excluding hydrogens is 233 g/mol. The summed E-state index contributed by atoms with van der Waals surface area (Å²) in [7, 11) is 0. The predicted molar refractivity (Wildman–Crippen MR) is 35.8 cm³/mol. The summed E-state index contributed by atoms with van der Waals surface area (Å²) in [5, 5.41) is 0. The zero-order valence-corrected chi connectivity index (χ0v) is 7.63. The third kappa shape index (κ3) is 1.93. The van der Waals surface area contributed by atoms with Gasteiger partial charge in [0.2, 0.25) is 0 Å². The lowest BCUT2D eigenvalue weighted by Crippen LogP contribution is -2.59. The van der Waals surface area contributed by atoms with Crippen LogP contribution >= 0.6 is 0 Å². The monoisotopic (exact) mass is 240 g/mol. The molecule has 0 spiro atoms. The highest BCUT2D eigenvalue weighted by atomic mass is 19.4. The lowest BCUT2D eigenvalue weighted by Gasteiger charge is -2.35. The van der Waals surface area contributed by atoms with Crippen molar-refractivity contribution in [2.24, 2.45) is 5.41 Å². The highest BCUT2D eigenvalue weighted by molar-refractivity contribution is 5.60. The zero-order valence-electron chi connectivity index (χ0n) is 7.63. The van der Waals surface area contributed by atoms with Crippen molar-refractivity contribution in [1.82, 2.24) is 0 Å². The Hall–Kier alpha value is -0.820. The molecule has 0 amide bonds. The minimum absolute atomic E-state index is 0.305. The molecule has 0 aromatic rings. The van der Waals surface area contributed by atoms with E-state index in [0.29, 0.717) is 13.8 Å². The van der Waals surface area contributed by atoms with Gasteiger partial charge in [-0.15, -0.1) is 0 Å². The fourth-order valence-corrected chi connectivity index (χ4v) is 0.657. The molecule has 0 atom stereocenters. The molecular formula is C7H7F7O. The Morgan fingerprint density at radius 1 is 0.800 bits per heavy atom. The predicted octanol–water partition coefficient (Wildman–Crippen LogP) is 3.04. The molecule has 0 unspecified atom stereocenters. The second-order valence-corrected chi connectivity index (χ2v) is 3.49. The van der Waals surface area contributed by atoms with Gasteiger partial charge in [-0.05, 0) is 13.8 Å². The van der Waals surface area contributed by atoms with Gasteiger partial charge >= 0.3 is 18.0 Å². The number of hydrogen-bond acceptors (Lipinski definition) is 1. The number of alkyl halides is 7. The van der Waals surface area contributed by atoms with Crippen molar-refractivity contribution in [3.05, 3.63) is 0 Å². The minimum atomic E-state index is -6.41. The minimum Gasteiger partial charge on any atom is -0.303 e. The molecule has 0 heterocycles. The summed E-state index contributed by atoms with van der Waals surface area (Å²) in [6.45, 7) is 0.610. The largest absolute Gasteiger partial charge is 0.459 e. The molecule has 0 aliphatic heterocycles. The van der Waals surface area contributed by atoms with Gasteiger partial charge in [0.05, 0.1) is 5.41 Å². The van der Waals surface area contributed by atoms with Crippen molar-refractivity contribution in [2.75, 3.05) is 0 Å². The summed E-state index contributed by atoms with van der Waals surface area (Å²) in [5.41, 5.74) is -3.11. The number of carbonyl (C=O) groups excluding carboxylic acids is 1. The molecule has 0 aromatic carbocycles. The molecule has 0 saturated carbocycles. The van der Waals surface area contributed by atoms with Gasteiger partial charge in [0, 0.05) is 0 Å². The van der Waals surface area contributed by atoms with Gasteiger partial charge in [-0.2, -0.15) is 30.7 Å². The van der Waals surface area contributed by atoms with Crippen molar-refractivity contribution < 1.29 is 35.5 Å². The van der Waals surface area contributed by atoms with Crippen LogP contribution in [0.1, 0.15) is 13.8 Å². The lowest BCUT2D eigenvalue weighted by atomic mass is 9.83. The Labute approximate surface area is 80.2 Å². The molecule has 0 bridgehead atoms. The summed E-state index contributed by atoms with van der Waals surface area (Å²) in [4.78, 5) is 10.1. The molecule has 0 saturated heterocycles.